The highest BCUT2D eigenvalue weighted by Crippen LogP contribution is 2.18. The fourth-order valence-electron chi connectivity index (χ4n) is 1.89. The lowest BCUT2D eigenvalue weighted by molar-refractivity contribution is -0.116. The molecule has 0 radical (unpaired) electrons. The largest absolute Gasteiger partial charge is 0.494 e. The Labute approximate surface area is 128 Å². The second-order valence-corrected chi connectivity index (χ2v) is 4.72. The number of halogens is 1. The molecule has 0 saturated carbocycles. The van der Waals surface area contributed by atoms with Crippen LogP contribution >= 0.6 is 0 Å². The van der Waals surface area contributed by atoms with Crippen molar-refractivity contribution < 1.29 is 13.9 Å². The number of hydrogen-bond acceptors (Lipinski definition) is 3. The van der Waals surface area contributed by atoms with E-state index in [-0.39, 0.29) is 11.7 Å². The number of methoxy groups -OCH3 is 1. The highest BCUT2D eigenvalue weighted by Gasteiger charge is 2.02. The van der Waals surface area contributed by atoms with Crippen LogP contribution in [0.1, 0.15) is 17.0 Å². The van der Waals surface area contributed by atoms with Gasteiger partial charge in [0.25, 0.3) is 0 Å². The summed E-state index contributed by atoms with van der Waals surface area (Å²) in [6, 6.07) is 10.1. The van der Waals surface area contributed by atoms with Crippen LogP contribution in [0.4, 0.5) is 4.39 Å². The van der Waals surface area contributed by atoms with Crippen LogP contribution in [0, 0.1) is 12.7 Å². The van der Waals surface area contributed by atoms with Gasteiger partial charge in [-0.3, -0.25) is 9.78 Å². The van der Waals surface area contributed by atoms with Crippen molar-refractivity contribution in [2.45, 2.75) is 13.5 Å². The summed E-state index contributed by atoms with van der Waals surface area (Å²) >= 11 is 0. The van der Waals surface area contributed by atoms with Gasteiger partial charge in [0.05, 0.1) is 19.3 Å². The molecule has 0 aliphatic carbocycles. The van der Waals surface area contributed by atoms with Gasteiger partial charge in [0.1, 0.15) is 0 Å². The van der Waals surface area contributed by atoms with Crippen molar-refractivity contribution in [1.29, 1.82) is 0 Å². The van der Waals surface area contributed by atoms with E-state index >= 15 is 0 Å². The van der Waals surface area contributed by atoms with Gasteiger partial charge in [0.15, 0.2) is 11.6 Å². The molecule has 1 aromatic carbocycles. The van der Waals surface area contributed by atoms with E-state index in [9.17, 15) is 9.18 Å². The molecule has 114 valence electrons. The van der Waals surface area contributed by atoms with Gasteiger partial charge in [-0.25, -0.2) is 4.39 Å². The van der Waals surface area contributed by atoms with Crippen LogP contribution in [0.25, 0.3) is 6.08 Å². The summed E-state index contributed by atoms with van der Waals surface area (Å²) in [6.45, 7) is 2.24. The predicted octanol–water partition coefficient (Wildman–Crippen LogP) is 2.87. The number of amides is 1. The third kappa shape index (κ3) is 4.41. The molecule has 2 rings (SSSR count). The van der Waals surface area contributed by atoms with E-state index in [1.54, 1.807) is 12.1 Å². The molecule has 0 saturated heterocycles. The smallest absolute Gasteiger partial charge is 0.244 e. The van der Waals surface area contributed by atoms with Gasteiger partial charge in [-0.15, -0.1) is 0 Å². The average molecular weight is 300 g/mol. The lowest BCUT2D eigenvalue weighted by Crippen LogP contribution is -2.20. The second kappa shape index (κ2) is 7.36. The Morgan fingerprint density at radius 1 is 1.36 bits per heavy atom. The number of hydrogen-bond donors (Lipinski definition) is 1. The first-order chi connectivity index (χ1) is 10.6. The average Bonchev–Trinajstić information content (AvgIpc) is 2.51. The molecular weight excluding hydrogens is 283 g/mol. The number of nitrogens with one attached hydrogen (secondary N) is 1. The predicted molar refractivity (Wildman–Crippen MR) is 82.8 cm³/mol. The minimum absolute atomic E-state index is 0.173. The number of aryl methyl sites for hydroxylation is 1. The van der Waals surface area contributed by atoms with E-state index in [0.717, 1.165) is 11.4 Å². The first-order valence-electron chi connectivity index (χ1n) is 6.80. The maximum atomic E-state index is 13.5. The number of carbonyl (C=O) groups excluding carboxylic acids is 1. The molecular formula is C17H17FN2O2. The Balaban J connectivity index is 1.92. The van der Waals surface area contributed by atoms with Crippen molar-refractivity contribution in [2.75, 3.05) is 7.11 Å². The van der Waals surface area contributed by atoms with Gasteiger partial charge in [-0.05, 0) is 42.8 Å². The fourth-order valence-corrected chi connectivity index (χ4v) is 1.89. The standard InChI is InChI=1S/C17H17FN2O2/c1-12-4-3-5-14(20-12)11-19-17(21)9-7-13-6-8-16(22-2)15(18)10-13/h3-10H,11H2,1-2H3,(H,19,21)/b9-7+. The maximum absolute atomic E-state index is 13.5. The van der Waals surface area contributed by atoms with Crippen LogP contribution in [-0.2, 0) is 11.3 Å². The highest BCUT2D eigenvalue weighted by atomic mass is 19.1. The van der Waals surface area contributed by atoms with Crippen molar-refractivity contribution in [1.82, 2.24) is 10.3 Å². The number of rotatable bonds is 5. The van der Waals surface area contributed by atoms with E-state index in [0.29, 0.717) is 12.1 Å². The molecule has 0 aliphatic heterocycles. The minimum atomic E-state index is -0.464. The first kappa shape index (κ1) is 15.7. The van der Waals surface area contributed by atoms with Gasteiger partial charge in [-0.2, -0.15) is 0 Å². The summed E-state index contributed by atoms with van der Waals surface area (Å²) < 4.78 is 18.4. The van der Waals surface area contributed by atoms with E-state index in [1.165, 1.54) is 25.3 Å². The van der Waals surface area contributed by atoms with Crippen LogP contribution in [0.5, 0.6) is 5.75 Å². The van der Waals surface area contributed by atoms with Crippen molar-refractivity contribution in [3.63, 3.8) is 0 Å². The monoisotopic (exact) mass is 300 g/mol. The van der Waals surface area contributed by atoms with Crippen LogP contribution in [0.3, 0.4) is 0 Å². The van der Waals surface area contributed by atoms with Crippen molar-refractivity contribution in [3.05, 3.63) is 65.2 Å². The molecule has 1 N–H and O–H groups in total. The lowest BCUT2D eigenvalue weighted by atomic mass is 10.2. The number of benzene rings is 1. The topological polar surface area (TPSA) is 51.2 Å². The molecule has 0 fully saturated rings. The molecule has 1 heterocycles. The summed E-state index contributed by atoms with van der Waals surface area (Å²) in [6.07, 6.45) is 2.90. The summed E-state index contributed by atoms with van der Waals surface area (Å²) in [7, 11) is 1.40. The fraction of sp³-hybridized carbons (Fsp3) is 0.176. The van der Waals surface area contributed by atoms with Gasteiger partial charge in [-0.1, -0.05) is 12.1 Å². The second-order valence-electron chi connectivity index (χ2n) is 4.72. The zero-order valence-corrected chi connectivity index (χ0v) is 12.5. The van der Waals surface area contributed by atoms with Gasteiger partial charge in [0.2, 0.25) is 5.91 Å². The summed E-state index contributed by atoms with van der Waals surface area (Å²) in [4.78, 5) is 16.0. The Hall–Kier alpha value is -2.69. The molecule has 4 nitrogen and oxygen atoms in total. The third-order valence-corrected chi connectivity index (χ3v) is 2.99. The Bertz CT molecular complexity index is 699. The van der Waals surface area contributed by atoms with Gasteiger partial charge in [0, 0.05) is 11.8 Å². The van der Waals surface area contributed by atoms with Crippen molar-refractivity contribution in [3.8, 4) is 5.75 Å². The van der Waals surface area contributed by atoms with Gasteiger partial charge < -0.3 is 10.1 Å². The lowest BCUT2D eigenvalue weighted by Gasteiger charge is -2.03. The first-order valence-corrected chi connectivity index (χ1v) is 6.80. The zero-order chi connectivity index (χ0) is 15.9. The molecule has 5 heteroatoms. The van der Waals surface area contributed by atoms with E-state index in [4.69, 9.17) is 4.74 Å². The van der Waals surface area contributed by atoms with Crippen molar-refractivity contribution >= 4 is 12.0 Å². The molecule has 22 heavy (non-hydrogen) atoms. The normalized spacial score (nSPS) is 10.7. The molecule has 1 amide bonds. The summed E-state index contributed by atoms with van der Waals surface area (Å²) in [5.41, 5.74) is 2.27. The maximum Gasteiger partial charge on any atom is 0.244 e. The quantitative estimate of drug-likeness (QED) is 0.864. The Morgan fingerprint density at radius 3 is 2.86 bits per heavy atom. The number of nitrogens with zero attached hydrogens (tertiary/aromatic N) is 1. The third-order valence-electron chi connectivity index (χ3n) is 2.99. The molecule has 0 atom stereocenters. The Kier molecular flexibility index (Phi) is 5.25. The Morgan fingerprint density at radius 2 is 2.18 bits per heavy atom. The van der Waals surface area contributed by atoms with Crippen LogP contribution in [0.15, 0.2) is 42.5 Å². The number of ether oxygens (including phenoxy) is 1. The number of carbonyl (C=O) groups is 1. The molecule has 0 spiro atoms. The summed E-state index contributed by atoms with van der Waals surface area (Å²) in [5.74, 6) is -0.555. The van der Waals surface area contributed by atoms with E-state index in [2.05, 4.69) is 10.3 Å². The van der Waals surface area contributed by atoms with Crippen LogP contribution in [0.2, 0.25) is 0 Å². The van der Waals surface area contributed by atoms with Gasteiger partial charge >= 0.3 is 0 Å². The van der Waals surface area contributed by atoms with Crippen LogP contribution in [-0.4, -0.2) is 18.0 Å². The van der Waals surface area contributed by atoms with E-state index in [1.807, 2.05) is 25.1 Å². The molecule has 0 unspecified atom stereocenters. The van der Waals surface area contributed by atoms with Crippen molar-refractivity contribution in [2.24, 2.45) is 0 Å². The highest BCUT2D eigenvalue weighted by molar-refractivity contribution is 5.91. The molecule has 2 aromatic rings. The number of pyridine rings is 1. The zero-order valence-electron chi connectivity index (χ0n) is 12.5. The molecule has 1 aromatic heterocycles. The van der Waals surface area contributed by atoms with Crippen LogP contribution < -0.4 is 10.1 Å². The number of aromatic nitrogens is 1. The minimum Gasteiger partial charge on any atom is -0.494 e. The summed E-state index contributed by atoms with van der Waals surface area (Å²) in [5, 5.41) is 2.73. The van der Waals surface area contributed by atoms with E-state index < -0.39 is 5.82 Å². The molecule has 0 bridgehead atoms. The SMILES string of the molecule is COc1ccc(/C=C/C(=O)NCc2cccc(C)n2)cc1F. The molecule has 0 aliphatic rings.